The number of halogens is 3. The monoisotopic (exact) mass is 472 g/mol. The summed E-state index contributed by atoms with van der Waals surface area (Å²) in [6, 6.07) is 0.0844. The number of aromatic nitrogens is 2. The zero-order valence-corrected chi connectivity index (χ0v) is 18.8. The fraction of sp³-hybridized carbons (Fsp3) is 0.773. The van der Waals surface area contributed by atoms with E-state index in [1.165, 1.54) is 0 Å². The van der Waals surface area contributed by atoms with Crippen LogP contribution in [0.4, 0.5) is 19.1 Å². The highest BCUT2D eigenvalue weighted by atomic mass is 19.4. The summed E-state index contributed by atoms with van der Waals surface area (Å²) in [7, 11) is 0. The molecule has 1 aromatic rings. The molecule has 0 aliphatic carbocycles. The zero-order chi connectivity index (χ0) is 23.4. The van der Waals surface area contributed by atoms with Crippen LogP contribution in [0.2, 0.25) is 0 Å². The van der Waals surface area contributed by atoms with Crippen molar-refractivity contribution in [2.45, 2.75) is 76.2 Å². The van der Waals surface area contributed by atoms with Gasteiger partial charge in [-0.1, -0.05) is 0 Å². The minimum atomic E-state index is -4.45. The fourth-order valence-corrected chi connectivity index (χ4v) is 4.57. The number of amides is 1. The van der Waals surface area contributed by atoms with Crippen molar-refractivity contribution in [3.63, 3.8) is 0 Å². The third-order valence-corrected chi connectivity index (χ3v) is 6.40. The number of hydrogen-bond acceptors (Lipinski definition) is 7. The Hall–Kier alpha value is -1.98. The number of anilines is 1. The Labute approximate surface area is 191 Å². The Morgan fingerprint density at radius 2 is 1.85 bits per heavy atom. The summed E-state index contributed by atoms with van der Waals surface area (Å²) < 4.78 is 55.4. The third kappa shape index (κ3) is 6.13. The molecule has 0 N–H and O–H groups in total. The van der Waals surface area contributed by atoms with Crippen LogP contribution in [-0.4, -0.2) is 78.2 Å². The maximum Gasteiger partial charge on any atom is 0.419 e. The van der Waals surface area contributed by atoms with Gasteiger partial charge in [0.25, 0.3) is 5.91 Å². The normalized spacial score (nSPS) is 26.1. The molecule has 33 heavy (non-hydrogen) atoms. The van der Waals surface area contributed by atoms with Gasteiger partial charge in [-0.15, -0.1) is 0 Å². The van der Waals surface area contributed by atoms with Gasteiger partial charge in [-0.2, -0.15) is 13.2 Å². The van der Waals surface area contributed by atoms with E-state index in [-0.39, 0.29) is 30.3 Å². The smallest absolute Gasteiger partial charge is 0.366 e. The SMILES string of the molecule is C[C@@H](COC1CCN(C2CCN(c3ncc(C(F)(F)F)cn3)CC2)C1=O)OC1CCCCO1. The standard InChI is InChI=1S/C22H31F3N4O4/c1-15(33-19-4-2-3-11-31-19)14-32-18-7-10-29(20(18)30)17-5-8-28(9-6-17)21-26-12-16(13-27-21)22(23,24)25/h12-13,15,17-19H,2-11,14H2,1H3/t15-,18?,19?/m0/s1. The number of nitrogens with zero attached hydrogens (tertiary/aromatic N) is 4. The Morgan fingerprint density at radius 3 is 2.48 bits per heavy atom. The predicted octanol–water partition coefficient (Wildman–Crippen LogP) is 3.01. The third-order valence-electron chi connectivity index (χ3n) is 6.40. The summed E-state index contributed by atoms with van der Waals surface area (Å²) in [5.74, 6) is 0.284. The Balaban J connectivity index is 1.21. The van der Waals surface area contributed by atoms with Crippen molar-refractivity contribution in [1.29, 1.82) is 0 Å². The molecule has 0 radical (unpaired) electrons. The van der Waals surface area contributed by atoms with Crippen molar-refractivity contribution in [3.8, 4) is 0 Å². The molecule has 3 fully saturated rings. The van der Waals surface area contributed by atoms with Crippen LogP contribution in [0.5, 0.6) is 0 Å². The Morgan fingerprint density at radius 1 is 1.12 bits per heavy atom. The first-order chi connectivity index (χ1) is 15.8. The number of rotatable bonds is 7. The van der Waals surface area contributed by atoms with Gasteiger partial charge < -0.3 is 24.0 Å². The van der Waals surface area contributed by atoms with E-state index in [1.54, 1.807) is 0 Å². The van der Waals surface area contributed by atoms with E-state index in [4.69, 9.17) is 14.2 Å². The van der Waals surface area contributed by atoms with E-state index in [0.29, 0.717) is 45.5 Å². The van der Waals surface area contributed by atoms with Gasteiger partial charge in [0.1, 0.15) is 6.10 Å². The Bertz CT molecular complexity index is 781. The van der Waals surface area contributed by atoms with Gasteiger partial charge in [0.05, 0.1) is 18.3 Å². The molecule has 3 aliphatic heterocycles. The first-order valence-electron chi connectivity index (χ1n) is 11.6. The zero-order valence-electron chi connectivity index (χ0n) is 18.8. The molecular weight excluding hydrogens is 441 g/mol. The van der Waals surface area contributed by atoms with E-state index >= 15 is 0 Å². The second-order valence-electron chi connectivity index (χ2n) is 8.87. The van der Waals surface area contributed by atoms with E-state index in [1.807, 2.05) is 16.7 Å². The van der Waals surface area contributed by atoms with Crippen LogP contribution >= 0.6 is 0 Å². The molecular formula is C22H31F3N4O4. The number of piperidine rings is 1. The summed E-state index contributed by atoms with van der Waals surface area (Å²) in [5.41, 5.74) is -0.860. The molecule has 3 aliphatic rings. The second-order valence-corrected chi connectivity index (χ2v) is 8.87. The number of ether oxygens (including phenoxy) is 3. The molecule has 4 rings (SSSR count). The molecule has 1 amide bonds. The topological polar surface area (TPSA) is 77.0 Å². The lowest BCUT2D eigenvalue weighted by molar-refractivity contribution is -0.196. The van der Waals surface area contributed by atoms with Crippen LogP contribution in [0.3, 0.4) is 0 Å². The first kappa shape index (κ1) is 24.2. The molecule has 0 spiro atoms. The minimum Gasteiger partial charge on any atom is -0.366 e. The molecule has 8 nitrogen and oxygen atoms in total. The highest BCUT2D eigenvalue weighted by molar-refractivity contribution is 5.83. The molecule has 0 bridgehead atoms. The van der Waals surface area contributed by atoms with Crippen LogP contribution in [-0.2, 0) is 25.2 Å². The van der Waals surface area contributed by atoms with Crippen LogP contribution in [0.15, 0.2) is 12.4 Å². The minimum absolute atomic E-state index is 0.000321. The lowest BCUT2D eigenvalue weighted by Crippen LogP contribution is -2.47. The number of alkyl halides is 3. The van der Waals surface area contributed by atoms with Crippen molar-refractivity contribution in [2.75, 3.05) is 37.7 Å². The number of carbonyl (C=O) groups excluding carboxylic acids is 1. The number of hydrogen-bond donors (Lipinski definition) is 0. The summed E-state index contributed by atoms with van der Waals surface area (Å²) in [4.78, 5) is 24.4. The van der Waals surface area contributed by atoms with E-state index in [2.05, 4.69) is 9.97 Å². The van der Waals surface area contributed by atoms with Gasteiger partial charge in [0.2, 0.25) is 5.95 Å². The van der Waals surface area contributed by atoms with Crippen LogP contribution < -0.4 is 4.90 Å². The summed E-state index contributed by atoms with van der Waals surface area (Å²) >= 11 is 0. The van der Waals surface area contributed by atoms with E-state index in [9.17, 15) is 18.0 Å². The molecule has 1 aromatic heterocycles. The quantitative estimate of drug-likeness (QED) is 0.604. The van der Waals surface area contributed by atoms with Crippen molar-refractivity contribution in [2.24, 2.45) is 0 Å². The lowest BCUT2D eigenvalue weighted by Gasteiger charge is -2.36. The molecule has 3 atom stereocenters. The first-order valence-corrected chi connectivity index (χ1v) is 11.6. The fourth-order valence-electron chi connectivity index (χ4n) is 4.57. The van der Waals surface area contributed by atoms with Gasteiger partial charge in [0, 0.05) is 51.1 Å². The van der Waals surface area contributed by atoms with Gasteiger partial charge in [-0.05, 0) is 39.0 Å². The van der Waals surface area contributed by atoms with Gasteiger partial charge in [0.15, 0.2) is 6.29 Å². The van der Waals surface area contributed by atoms with E-state index < -0.39 is 17.8 Å². The Kier molecular flexibility index (Phi) is 7.70. The number of carbonyl (C=O) groups is 1. The summed E-state index contributed by atoms with van der Waals surface area (Å²) in [6.07, 6.45) is 1.48. The largest absolute Gasteiger partial charge is 0.419 e. The molecule has 2 unspecified atom stereocenters. The van der Waals surface area contributed by atoms with Gasteiger partial charge >= 0.3 is 6.18 Å². The van der Waals surface area contributed by atoms with Gasteiger partial charge in [-0.3, -0.25) is 4.79 Å². The molecule has 3 saturated heterocycles. The number of likely N-dealkylation sites (tertiary alicyclic amines) is 1. The molecule has 4 heterocycles. The second kappa shape index (κ2) is 10.5. The van der Waals surface area contributed by atoms with E-state index in [0.717, 1.165) is 38.3 Å². The summed E-state index contributed by atoms with van der Waals surface area (Å²) in [5, 5.41) is 0. The van der Waals surface area contributed by atoms with Crippen LogP contribution in [0.25, 0.3) is 0 Å². The summed E-state index contributed by atoms with van der Waals surface area (Å²) in [6.45, 7) is 4.79. The van der Waals surface area contributed by atoms with Gasteiger partial charge in [-0.25, -0.2) is 9.97 Å². The van der Waals surface area contributed by atoms with Crippen LogP contribution in [0, 0.1) is 0 Å². The highest BCUT2D eigenvalue weighted by Gasteiger charge is 2.38. The predicted molar refractivity (Wildman–Crippen MR) is 112 cm³/mol. The molecule has 184 valence electrons. The molecule has 0 saturated carbocycles. The highest BCUT2D eigenvalue weighted by Crippen LogP contribution is 2.29. The van der Waals surface area contributed by atoms with Crippen molar-refractivity contribution < 1.29 is 32.2 Å². The average molecular weight is 473 g/mol. The molecule has 0 aromatic carbocycles. The maximum atomic E-state index is 12.9. The van der Waals surface area contributed by atoms with Crippen molar-refractivity contribution in [1.82, 2.24) is 14.9 Å². The maximum absolute atomic E-state index is 12.9. The lowest BCUT2D eigenvalue weighted by atomic mass is 10.0. The van der Waals surface area contributed by atoms with Crippen molar-refractivity contribution >= 4 is 11.9 Å². The van der Waals surface area contributed by atoms with Crippen LogP contribution in [0.1, 0.15) is 51.0 Å². The molecule has 11 heteroatoms. The average Bonchev–Trinajstić information content (AvgIpc) is 3.18. The van der Waals surface area contributed by atoms with Crippen molar-refractivity contribution in [3.05, 3.63) is 18.0 Å².